The van der Waals surface area contributed by atoms with Crippen LogP contribution in [0.15, 0.2) is 18.2 Å². The molecule has 1 aromatic rings. The summed E-state index contributed by atoms with van der Waals surface area (Å²) >= 11 is 0. The summed E-state index contributed by atoms with van der Waals surface area (Å²) in [6.45, 7) is 4.18. The van der Waals surface area contributed by atoms with Gasteiger partial charge in [0.25, 0.3) is 5.91 Å². The summed E-state index contributed by atoms with van der Waals surface area (Å²) in [5, 5.41) is 14.2. The van der Waals surface area contributed by atoms with Crippen molar-refractivity contribution in [1.82, 2.24) is 5.32 Å². The van der Waals surface area contributed by atoms with Gasteiger partial charge in [0.15, 0.2) is 0 Å². The van der Waals surface area contributed by atoms with Crippen molar-refractivity contribution < 1.29 is 19.5 Å². The summed E-state index contributed by atoms with van der Waals surface area (Å²) in [4.78, 5) is 34.4. The summed E-state index contributed by atoms with van der Waals surface area (Å²) in [5.41, 5.74) is 1.89. The highest BCUT2D eigenvalue weighted by atomic mass is 16.4. The molecule has 1 aliphatic rings. The molecule has 2 unspecified atom stereocenters. The zero-order chi connectivity index (χ0) is 15.6. The van der Waals surface area contributed by atoms with Gasteiger partial charge in [-0.05, 0) is 44.0 Å². The predicted octanol–water partition coefficient (Wildman–Crippen LogP) is 1.40. The maximum atomic E-state index is 11.9. The van der Waals surface area contributed by atoms with Crippen LogP contribution in [0.25, 0.3) is 0 Å². The van der Waals surface area contributed by atoms with Crippen LogP contribution in [-0.2, 0) is 9.59 Å². The number of amides is 2. The van der Waals surface area contributed by atoms with Gasteiger partial charge < -0.3 is 15.7 Å². The lowest BCUT2D eigenvalue weighted by Gasteiger charge is -2.10. The molecule has 1 aliphatic carbocycles. The van der Waals surface area contributed by atoms with Crippen LogP contribution in [0.2, 0.25) is 0 Å². The topological polar surface area (TPSA) is 95.5 Å². The van der Waals surface area contributed by atoms with Crippen molar-refractivity contribution >= 4 is 23.5 Å². The van der Waals surface area contributed by atoms with Gasteiger partial charge in [0.2, 0.25) is 5.91 Å². The van der Waals surface area contributed by atoms with E-state index in [1.807, 2.05) is 6.92 Å². The second kappa shape index (κ2) is 5.95. The molecule has 0 radical (unpaired) electrons. The molecule has 2 amide bonds. The maximum absolute atomic E-state index is 11.9. The van der Waals surface area contributed by atoms with E-state index >= 15 is 0 Å². The van der Waals surface area contributed by atoms with Crippen LogP contribution in [0.3, 0.4) is 0 Å². The van der Waals surface area contributed by atoms with E-state index in [2.05, 4.69) is 10.6 Å². The predicted molar refractivity (Wildman–Crippen MR) is 77.0 cm³/mol. The summed E-state index contributed by atoms with van der Waals surface area (Å²) < 4.78 is 0. The average Bonchev–Trinajstić information content (AvgIpc) is 3.21. The SMILES string of the molecule is CCNC(=O)c1ccc(NC(=O)C2CC2C(=O)O)c(C)c1. The fourth-order valence-corrected chi connectivity index (χ4v) is 2.19. The minimum Gasteiger partial charge on any atom is -0.481 e. The Hall–Kier alpha value is -2.37. The lowest BCUT2D eigenvalue weighted by atomic mass is 10.1. The van der Waals surface area contributed by atoms with Crippen LogP contribution < -0.4 is 10.6 Å². The number of aryl methyl sites for hydroxylation is 1. The van der Waals surface area contributed by atoms with Crippen molar-refractivity contribution in [3.05, 3.63) is 29.3 Å². The number of rotatable bonds is 5. The Morgan fingerprint density at radius 1 is 1.29 bits per heavy atom. The minimum absolute atomic E-state index is 0.161. The molecule has 3 N–H and O–H groups in total. The van der Waals surface area contributed by atoms with Gasteiger partial charge in [-0.25, -0.2) is 0 Å². The Morgan fingerprint density at radius 2 is 2.00 bits per heavy atom. The summed E-state index contributed by atoms with van der Waals surface area (Å²) in [7, 11) is 0. The van der Waals surface area contributed by atoms with Crippen molar-refractivity contribution in [3.63, 3.8) is 0 Å². The van der Waals surface area contributed by atoms with E-state index in [-0.39, 0.29) is 11.8 Å². The van der Waals surface area contributed by atoms with Crippen LogP contribution in [0.4, 0.5) is 5.69 Å². The van der Waals surface area contributed by atoms with Crippen molar-refractivity contribution in [2.24, 2.45) is 11.8 Å². The highest BCUT2D eigenvalue weighted by molar-refractivity contribution is 5.99. The zero-order valence-corrected chi connectivity index (χ0v) is 12.0. The number of anilines is 1. The highest BCUT2D eigenvalue weighted by Crippen LogP contribution is 2.39. The van der Waals surface area contributed by atoms with Crippen molar-refractivity contribution in [2.45, 2.75) is 20.3 Å². The van der Waals surface area contributed by atoms with Crippen molar-refractivity contribution in [3.8, 4) is 0 Å². The molecule has 2 atom stereocenters. The minimum atomic E-state index is -0.932. The van der Waals surface area contributed by atoms with E-state index in [1.54, 1.807) is 25.1 Å². The molecule has 0 bridgehead atoms. The average molecular weight is 290 g/mol. The second-order valence-electron chi connectivity index (χ2n) is 5.17. The number of carboxylic acids is 1. The molecular formula is C15H18N2O4. The maximum Gasteiger partial charge on any atom is 0.307 e. The van der Waals surface area contributed by atoms with Gasteiger partial charge in [-0.2, -0.15) is 0 Å². The van der Waals surface area contributed by atoms with Gasteiger partial charge in [0.05, 0.1) is 11.8 Å². The molecule has 0 spiro atoms. The first kappa shape index (κ1) is 15.0. The molecule has 112 valence electrons. The number of carbonyl (C=O) groups is 3. The van der Waals surface area contributed by atoms with E-state index in [1.165, 1.54) is 0 Å². The Kier molecular flexibility index (Phi) is 4.26. The number of aliphatic carboxylic acids is 1. The lowest BCUT2D eigenvalue weighted by molar-refractivity contribution is -0.139. The first-order valence-electron chi connectivity index (χ1n) is 6.86. The monoisotopic (exact) mass is 290 g/mol. The standard InChI is InChI=1S/C15H18N2O4/c1-3-16-13(18)9-4-5-12(8(2)6-9)17-14(19)10-7-11(10)15(20)21/h4-6,10-11H,3,7H2,1-2H3,(H,16,18)(H,17,19)(H,20,21). The molecule has 1 saturated carbocycles. The third-order valence-corrected chi connectivity index (χ3v) is 3.53. The van der Waals surface area contributed by atoms with E-state index < -0.39 is 17.8 Å². The molecular weight excluding hydrogens is 272 g/mol. The molecule has 1 aromatic carbocycles. The summed E-state index contributed by atoms with van der Waals surface area (Å²) in [5.74, 6) is -2.40. The number of hydrogen-bond donors (Lipinski definition) is 3. The number of carbonyl (C=O) groups excluding carboxylic acids is 2. The van der Waals surface area contributed by atoms with Gasteiger partial charge in [-0.15, -0.1) is 0 Å². The second-order valence-corrected chi connectivity index (χ2v) is 5.17. The van der Waals surface area contributed by atoms with Crippen molar-refractivity contribution in [2.75, 3.05) is 11.9 Å². The molecule has 6 heteroatoms. The molecule has 1 fully saturated rings. The van der Waals surface area contributed by atoms with Crippen LogP contribution in [-0.4, -0.2) is 29.4 Å². The molecule has 21 heavy (non-hydrogen) atoms. The number of benzene rings is 1. The van der Waals surface area contributed by atoms with Crippen LogP contribution in [0.5, 0.6) is 0 Å². The molecule has 0 saturated heterocycles. The van der Waals surface area contributed by atoms with Gasteiger partial charge in [-0.3, -0.25) is 14.4 Å². The highest BCUT2D eigenvalue weighted by Gasteiger charge is 2.48. The van der Waals surface area contributed by atoms with E-state index in [0.29, 0.717) is 24.2 Å². The fraction of sp³-hybridized carbons (Fsp3) is 0.400. The molecule has 6 nitrogen and oxygen atoms in total. The van der Waals surface area contributed by atoms with Gasteiger partial charge in [0.1, 0.15) is 0 Å². The number of nitrogens with one attached hydrogen (secondary N) is 2. The first-order chi connectivity index (χ1) is 9.93. The summed E-state index contributed by atoms with van der Waals surface area (Å²) in [6, 6.07) is 4.99. The molecule has 0 heterocycles. The zero-order valence-electron chi connectivity index (χ0n) is 12.0. The number of hydrogen-bond acceptors (Lipinski definition) is 3. The van der Waals surface area contributed by atoms with Gasteiger partial charge in [0, 0.05) is 17.8 Å². The van der Waals surface area contributed by atoms with Crippen LogP contribution in [0.1, 0.15) is 29.3 Å². The van der Waals surface area contributed by atoms with Crippen LogP contribution >= 0.6 is 0 Å². The lowest BCUT2D eigenvalue weighted by Crippen LogP contribution is -2.23. The van der Waals surface area contributed by atoms with E-state index in [0.717, 1.165) is 5.56 Å². The first-order valence-corrected chi connectivity index (χ1v) is 6.86. The van der Waals surface area contributed by atoms with Crippen LogP contribution in [0, 0.1) is 18.8 Å². The van der Waals surface area contributed by atoms with Gasteiger partial charge >= 0.3 is 5.97 Å². The third kappa shape index (κ3) is 3.39. The van der Waals surface area contributed by atoms with Gasteiger partial charge in [-0.1, -0.05) is 0 Å². The quantitative estimate of drug-likeness (QED) is 0.764. The Labute approximate surface area is 122 Å². The molecule has 2 rings (SSSR count). The largest absolute Gasteiger partial charge is 0.481 e. The molecule has 0 aliphatic heterocycles. The van der Waals surface area contributed by atoms with E-state index in [9.17, 15) is 14.4 Å². The number of carboxylic acid groups (broad SMARTS) is 1. The normalized spacial score (nSPS) is 19.7. The molecule has 0 aromatic heterocycles. The van der Waals surface area contributed by atoms with Crippen molar-refractivity contribution in [1.29, 1.82) is 0 Å². The Balaban J connectivity index is 2.03. The smallest absolute Gasteiger partial charge is 0.307 e. The Morgan fingerprint density at radius 3 is 2.52 bits per heavy atom. The summed E-state index contributed by atoms with van der Waals surface area (Å²) in [6.07, 6.45) is 0.386. The fourth-order valence-electron chi connectivity index (χ4n) is 2.19. The van der Waals surface area contributed by atoms with E-state index in [4.69, 9.17) is 5.11 Å². The third-order valence-electron chi connectivity index (χ3n) is 3.53. The Bertz CT molecular complexity index is 597.